The largest absolute Gasteiger partial charge is 0.319 e. The molecule has 0 fully saturated rings. The van der Waals surface area contributed by atoms with Crippen LogP contribution >= 0.6 is 11.8 Å². The molecule has 0 saturated heterocycles. The fourth-order valence-corrected chi connectivity index (χ4v) is 2.96. The molecular weight excluding hydrogens is 266 g/mol. The third-order valence-corrected chi connectivity index (χ3v) is 4.92. The van der Waals surface area contributed by atoms with Crippen LogP contribution in [0.3, 0.4) is 0 Å². The number of hydrogen-bond acceptors (Lipinski definition) is 4. The average molecular weight is 295 g/mol. The minimum Gasteiger partial charge on any atom is -0.319 e. The molecule has 0 aliphatic heterocycles. The molecule has 3 nitrogen and oxygen atoms in total. The second-order valence-electron chi connectivity index (χ2n) is 5.10. The second-order valence-corrected chi connectivity index (χ2v) is 6.53. The van der Waals surface area contributed by atoms with E-state index in [1.807, 2.05) is 18.8 Å². The minimum absolute atomic E-state index is 0.678. The summed E-state index contributed by atoms with van der Waals surface area (Å²) in [6, 6.07) is 0. The molecule has 0 saturated carbocycles. The predicted molar refractivity (Wildman–Crippen MR) is 89.5 cm³/mol. The van der Waals surface area contributed by atoms with Crippen LogP contribution in [0.25, 0.3) is 0 Å². The van der Waals surface area contributed by atoms with Crippen molar-refractivity contribution in [3.63, 3.8) is 0 Å². The summed E-state index contributed by atoms with van der Waals surface area (Å²) in [7, 11) is 2.00. The highest BCUT2D eigenvalue weighted by Gasteiger charge is 2.12. The molecular formula is C16H29N3S. The molecule has 4 heteroatoms. The summed E-state index contributed by atoms with van der Waals surface area (Å²) in [5, 5.41) is 3.90. The lowest BCUT2D eigenvalue weighted by atomic mass is 10.0. The van der Waals surface area contributed by atoms with Gasteiger partial charge in [0, 0.05) is 16.6 Å². The molecule has 1 aromatic heterocycles. The third kappa shape index (κ3) is 5.06. The number of likely N-dealkylation sites (N-methyl/N-ethyl adjacent to an activating group) is 1. The fourth-order valence-electron chi connectivity index (χ4n) is 2.16. The van der Waals surface area contributed by atoms with Crippen molar-refractivity contribution < 1.29 is 0 Å². The lowest BCUT2D eigenvalue weighted by molar-refractivity contribution is 0.751. The average Bonchev–Trinajstić information content (AvgIpc) is 2.49. The Hall–Kier alpha value is -0.610. The second kappa shape index (κ2) is 9.35. The molecule has 1 rings (SSSR count). The topological polar surface area (TPSA) is 37.8 Å². The van der Waals surface area contributed by atoms with Crippen LogP contribution in [0.2, 0.25) is 0 Å². The number of thioether (sulfide) groups is 1. The molecule has 20 heavy (non-hydrogen) atoms. The van der Waals surface area contributed by atoms with Gasteiger partial charge in [-0.1, -0.05) is 27.7 Å². The summed E-state index contributed by atoms with van der Waals surface area (Å²) in [4.78, 5) is 9.60. The van der Waals surface area contributed by atoms with Gasteiger partial charge in [-0.2, -0.15) is 11.8 Å². The standard InChI is InChI=1S/C16H29N3S/c1-6-12(4)20-11-16-18-14(7-2)13(9-10-17-5)15(8-3)19-16/h12,17H,6-11H2,1-5H3. The van der Waals surface area contributed by atoms with Gasteiger partial charge < -0.3 is 5.32 Å². The molecule has 114 valence electrons. The van der Waals surface area contributed by atoms with E-state index in [1.54, 1.807) is 0 Å². The van der Waals surface area contributed by atoms with E-state index >= 15 is 0 Å². The first-order valence-corrected chi connectivity index (χ1v) is 8.84. The van der Waals surface area contributed by atoms with Crippen molar-refractivity contribution in [1.82, 2.24) is 15.3 Å². The maximum absolute atomic E-state index is 4.80. The molecule has 0 aromatic carbocycles. The van der Waals surface area contributed by atoms with Crippen LogP contribution in [-0.4, -0.2) is 28.8 Å². The van der Waals surface area contributed by atoms with Gasteiger partial charge in [0.15, 0.2) is 0 Å². The van der Waals surface area contributed by atoms with Crippen molar-refractivity contribution in [2.45, 2.75) is 64.4 Å². The van der Waals surface area contributed by atoms with Crippen LogP contribution in [0.4, 0.5) is 0 Å². The molecule has 0 aliphatic carbocycles. The Bertz CT molecular complexity index is 382. The van der Waals surface area contributed by atoms with Crippen molar-refractivity contribution in [2.24, 2.45) is 0 Å². The molecule has 1 unspecified atom stereocenters. The summed E-state index contributed by atoms with van der Waals surface area (Å²) in [5.74, 6) is 1.94. The van der Waals surface area contributed by atoms with Crippen LogP contribution in [-0.2, 0) is 25.0 Å². The molecule has 0 amide bonds. The number of aryl methyl sites for hydroxylation is 2. The first-order valence-electron chi connectivity index (χ1n) is 7.79. The molecule has 0 spiro atoms. The van der Waals surface area contributed by atoms with E-state index in [0.29, 0.717) is 5.25 Å². The molecule has 1 N–H and O–H groups in total. The number of rotatable bonds is 9. The minimum atomic E-state index is 0.678. The van der Waals surface area contributed by atoms with Crippen molar-refractivity contribution in [2.75, 3.05) is 13.6 Å². The maximum atomic E-state index is 4.80. The predicted octanol–water partition coefficient (Wildman–Crippen LogP) is 3.40. The number of nitrogens with one attached hydrogen (secondary N) is 1. The van der Waals surface area contributed by atoms with Gasteiger partial charge in [-0.05, 0) is 44.8 Å². The van der Waals surface area contributed by atoms with Gasteiger partial charge >= 0.3 is 0 Å². The van der Waals surface area contributed by atoms with Crippen LogP contribution in [0.15, 0.2) is 0 Å². The molecule has 0 bridgehead atoms. The van der Waals surface area contributed by atoms with Crippen molar-refractivity contribution in [3.05, 3.63) is 22.8 Å². The zero-order valence-electron chi connectivity index (χ0n) is 13.6. The van der Waals surface area contributed by atoms with Gasteiger partial charge in [-0.3, -0.25) is 0 Å². The monoisotopic (exact) mass is 295 g/mol. The molecule has 1 heterocycles. The van der Waals surface area contributed by atoms with Crippen LogP contribution < -0.4 is 5.32 Å². The summed E-state index contributed by atoms with van der Waals surface area (Å²) in [6.45, 7) is 9.87. The Morgan fingerprint density at radius 1 is 1.10 bits per heavy atom. The summed E-state index contributed by atoms with van der Waals surface area (Å²) in [6.07, 6.45) is 4.22. The Balaban J connectivity index is 2.93. The fraction of sp³-hybridized carbons (Fsp3) is 0.750. The summed E-state index contributed by atoms with van der Waals surface area (Å²) >= 11 is 1.95. The summed E-state index contributed by atoms with van der Waals surface area (Å²) < 4.78 is 0. The highest BCUT2D eigenvalue weighted by Crippen LogP contribution is 2.20. The molecule has 0 aliphatic rings. The van der Waals surface area contributed by atoms with Gasteiger partial charge in [0.2, 0.25) is 0 Å². The van der Waals surface area contributed by atoms with Crippen molar-refractivity contribution in [1.29, 1.82) is 0 Å². The SMILES string of the molecule is CCc1nc(CSC(C)CC)nc(CC)c1CCNC. The van der Waals surface area contributed by atoms with Gasteiger partial charge in [0.25, 0.3) is 0 Å². The number of hydrogen-bond donors (Lipinski definition) is 1. The van der Waals surface area contributed by atoms with Crippen LogP contribution in [0.5, 0.6) is 0 Å². The zero-order chi connectivity index (χ0) is 15.0. The van der Waals surface area contributed by atoms with Gasteiger partial charge in [0.1, 0.15) is 5.82 Å². The highest BCUT2D eigenvalue weighted by atomic mass is 32.2. The lowest BCUT2D eigenvalue weighted by Gasteiger charge is -2.14. The first-order chi connectivity index (χ1) is 9.65. The van der Waals surface area contributed by atoms with Crippen LogP contribution in [0, 0.1) is 0 Å². The Morgan fingerprint density at radius 3 is 2.15 bits per heavy atom. The van der Waals surface area contributed by atoms with E-state index in [2.05, 4.69) is 33.0 Å². The van der Waals surface area contributed by atoms with Gasteiger partial charge in [-0.25, -0.2) is 9.97 Å². The molecule has 0 radical (unpaired) electrons. The van der Waals surface area contributed by atoms with Gasteiger partial charge in [0.05, 0.1) is 5.75 Å². The van der Waals surface area contributed by atoms with E-state index in [0.717, 1.165) is 37.4 Å². The summed E-state index contributed by atoms with van der Waals surface area (Å²) in [5.41, 5.74) is 3.85. The van der Waals surface area contributed by atoms with E-state index in [4.69, 9.17) is 9.97 Å². The normalized spacial score (nSPS) is 12.7. The maximum Gasteiger partial charge on any atom is 0.138 e. The van der Waals surface area contributed by atoms with Crippen molar-refractivity contribution >= 4 is 11.8 Å². The third-order valence-electron chi connectivity index (χ3n) is 3.59. The molecule has 1 atom stereocenters. The lowest BCUT2D eigenvalue weighted by Crippen LogP contribution is -2.16. The van der Waals surface area contributed by atoms with Crippen LogP contribution in [0.1, 0.15) is 56.9 Å². The van der Waals surface area contributed by atoms with E-state index in [-0.39, 0.29) is 0 Å². The Labute approximate surface area is 128 Å². The van der Waals surface area contributed by atoms with Gasteiger partial charge in [-0.15, -0.1) is 0 Å². The van der Waals surface area contributed by atoms with Crippen molar-refractivity contribution in [3.8, 4) is 0 Å². The molecule has 1 aromatic rings. The van der Waals surface area contributed by atoms with E-state index < -0.39 is 0 Å². The first kappa shape index (κ1) is 17.4. The number of aromatic nitrogens is 2. The Kier molecular flexibility index (Phi) is 8.15. The smallest absolute Gasteiger partial charge is 0.138 e. The van der Waals surface area contributed by atoms with E-state index in [1.165, 1.54) is 23.4 Å². The highest BCUT2D eigenvalue weighted by molar-refractivity contribution is 7.99. The Morgan fingerprint density at radius 2 is 1.70 bits per heavy atom. The quantitative estimate of drug-likeness (QED) is 0.758. The zero-order valence-corrected chi connectivity index (χ0v) is 14.4. The van der Waals surface area contributed by atoms with E-state index in [9.17, 15) is 0 Å². The number of nitrogens with zero attached hydrogens (tertiary/aromatic N) is 2.